The van der Waals surface area contributed by atoms with Gasteiger partial charge < -0.3 is 5.11 Å². The zero-order chi connectivity index (χ0) is 7.56. The van der Waals surface area contributed by atoms with Crippen molar-refractivity contribution in [3.05, 3.63) is 24.3 Å². The minimum Gasteiger partial charge on any atom is -0.508 e. The van der Waals surface area contributed by atoms with E-state index in [2.05, 4.69) is 0 Å². The second kappa shape index (κ2) is 2.84. The van der Waals surface area contributed by atoms with Crippen LogP contribution in [0.15, 0.2) is 29.2 Å². The van der Waals surface area contributed by atoms with Crippen molar-refractivity contribution in [2.24, 2.45) is 0 Å². The van der Waals surface area contributed by atoms with Crippen LogP contribution >= 0.6 is 0 Å². The first-order valence-electron chi connectivity index (χ1n) is 2.82. The molecule has 1 N–H and O–H groups in total. The second-order valence-corrected chi connectivity index (χ2v) is 3.33. The highest BCUT2D eigenvalue weighted by Gasteiger charge is 1.94. The Bertz CT molecular complexity index is 240. The van der Waals surface area contributed by atoms with Crippen LogP contribution < -0.4 is 0 Å². The van der Waals surface area contributed by atoms with Gasteiger partial charge in [0.25, 0.3) is 0 Å². The number of benzene rings is 1. The maximum absolute atomic E-state index is 10.8. The highest BCUT2D eigenvalue weighted by atomic mass is 32.2. The normalized spacial score (nSPS) is 12.9. The standard InChI is InChI=1S/C7H8O2S/c1-10(9)7-4-2-6(8)3-5-7/h2-5,8H,1H3. The summed E-state index contributed by atoms with van der Waals surface area (Å²) < 4.78 is 10.8. The van der Waals surface area contributed by atoms with Gasteiger partial charge in [-0.2, -0.15) is 0 Å². The molecule has 0 radical (unpaired) electrons. The molecule has 0 bridgehead atoms. The summed E-state index contributed by atoms with van der Waals surface area (Å²) in [5.41, 5.74) is 0. The zero-order valence-corrected chi connectivity index (χ0v) is 6.39. The topological polar surface area (TPSA) is 37.3 Å². The minimum absolute atomic E-state index is 0.203. The molecule has 1 unspecified atom stereocenters. The van der Waals surface area contributed by atoms with E-state index in [1.807, 2.05) is 0 Å². The van der Waals surface area contributed by atoms with Gasteiger partial charge in [-0.05, 0) is 24.3 Å². The molecule has 3 heteroatoms. The second-order valence-electron chi connectivity index (χ2n) is 1.95. The first-order chi connectivity index (χ1) is 4.70. The minimum atomic E-state index is -0.948. The molecule has 0 aliphatic carbocycles. The van der Waals surface area contributed by atoms with Crippen LogP contribution in [0.2, 0.25) is 0 Å². The van der Waals surface area contributed by atoms with Crippen LogP contribution in [0.3, 0.4) is 0 Å². The number of aromatic hydroxyl groups is 1. The summed E-state index contributed by atoms with van der Waals surface area (Å²) in [4.78, 5) is 0.734. The zero-order valence-electron chi connectivity index (χ0n) is 5.57. The molecule has 1 rings (SSSR count). The van der Waals surface area contributed by atoms with E-state index in [-0.39, 0.29) is 5.75 Å². The molecule has 2 nitrogen and oxygen atoms in total. The third-order valence-corrected chi connectivity index (χ3v) is 2.10. The number of phenols is 1. The van der Waals surface area contributed by atoms with E-state index < -0.39 is 10.8 Å². The summed E-state index contributed by atoms with van der Waals surface area (Å²) in [5, 5.41) is 8.84. The molecule has 0 heterocycles. The van der Waals surface area contributed by atoms with Gasteiger partial charge >= 0.3 is 0 Å². The van der Waals surface area contributed by atoms with Gasteiger partial charge in [-0.25, -0.2) is 0 Å². The quantitative estimate of drug-likeness (QED) is 0.661. The first kappa shape index (κ1) is 7.28. The molecule has 0 aromatic heterocycles. The van der Waals surface area contributed by atoms with Crippen molar-refractivity contribution in [3.63, 3.8) is 0 Å². The van der Waals surface area contributed by atoms with Crippen molar-refractivity contribution in [3.8, 4) is 5.75 Å². The van der Waals surface area contributed by atoms with E-state index in [9.17, 15) is 4.21 Å². The predicted molar refractivity (Wildman–Crippen MR) is 40.4 cm³/mol. The van der Waals surface area contributed by atoms with Crippen molar-refractivity contribution < 1.29 is 9.32 Å². The van der Waals surface area contributed by atoms with E-state index in [1.165, 1.54) is 12.1 Å². The van der Waals surface area contributed by atoms with E-state index in [4.69, 9.17) is 5.11 Å². The van der Waals surface area contributed by atoms with Crippen LogP contribution in [0.5, 0.6) is 5.75 Å². The molecule has 1 aromatic carbocycles. The molecule has 0 amide bonds. The molecule has 1 aromatic rings. The Kier molecular flexibility index (Phi) is 2.06. The van der Waals surface area contributed by atoms with Gasteiger partial charge in [0.2, 0.25) is 0 Å². The summed E-state index contributed by atoms with van der Waals surface area (Å²) >= 11 is 0. The third kappa shape index (κ3) is 1.57. The molecule has 10 heavy (non-hydrogen) atoms. The van der Waals surface area contributed by atoms with Gasteiger partial charge in [0.15, 0.2) is 0 Å². The summed E-state index contributed by atoms with van der Waals surface area (Å²) in [6.45, 7) is 0. The SMILES string of the molecule is CS(=O)c1ccc(O)cc1. The third-order valence-electron chi connectivity index (χ3n) is 1.17. The Hall–Kier alpha value is -0.830. The van der Waals surface area contributed by atoms with Crippen LogP contribution in [0.4, 0.5) is 0 Å². The number of rotatable bonds is 1. The van der Waals surface area contributed by atoms with E-state index in [0.29, 0.717) is 0 Å². The van der Waals surface area contributed by atoms with E-state index in [1.54, 1.807) is 18.4 Å². The highest BCUT2D eigenvalue weighted by molar-refractivity contribution is 7.84. The molecular formula is C7H8O2S. The van der Waals surface area contributed by atoms with E-state index >= 15 is 0 Å². The first-order valence-corrected chi connectivity index (χ1v) is 4.38. The maximum Gasteiger partial charge on any atom is 0.115 e. The van der Waals surface area contributed by atoms with Gasteiger partial charge in [0, 0.05) is 22.0 Å². The molecule has 0 aliphatic heterocycles. The monoisotopic (exact) mass is 156 g/mol. The average Bonchev–Trinajstić information content (AvgIpc) is 1.88. The lowest BCUT2D eigenvalue weighted by atomic mass is 10.3. The smallest absolute Gasteiger partial charge is 0.115 e. The van der Waals surface area contributed by atoms with Gasteiger partial charge in [-0.15, -0.1) is 0 Å². The maximum atomic E-state index is 10.8. The van der Waals surface area contributed by atoms with Gasteiger partial charge in [0.05, 0.1) is 0 Å². The summed E-state index contributed by atoms with van der Waals surface area (Å²) in [5.74, 6) is 0.203. The van der Waals surface area contributed by atoms with Crippen LogP contribution in [0.1, 0.15) is 0 Å². The molecule has 0 fully saturated rings. The Morgan fingerprint density at radius 3 is 2.20 bits per heavy atom. The average molecular weight is 156 g/mol. The Morgan fingerprint density at radius 2 is 1.80 bits per heavy atom. The van der Waals surface area contributed by atoms with Gasteiger partial charge in [-0.1, -0.05) is 0 Å². The van der Waals surface area contributed by atoms with Crippen LogP contribution in [-0.4, -0.2) is 15.6 Å². The van der Waals surface area contributed by atoms with Gasteiger partial charge in [-0.3, -0.25) is 4.21 Å². The fourth-order valence-corrected chi connectivity index (χ4v) is 1.16. The molecule has 0 spiro atoms. The Morgan fingerprint density at radius 1 is 1.30 bits per heavy atom. The molecule has 0 saturated heterocycles. The van der Waals surface area contributed by atoms with Crippen molar-refractivity contribution in [2.75, 3.05) is 6.26 Å². The Labute approximate surface area is 62.0 Å². The van der Waals surface area contributed by atoms with Crippen molar-refractivity contribution >= 4 is 10.8 Å². The van der Waals surface area contributed by atoms with Gasteiger partial charge in [0.1, 0.15) is 5.75 Å². The number of hydrogen-bond donors (Lipinski definition) is 1. The largest absolute Gasteiger partial charge is 0.508 e. The van der Waals surface area contributed by atoms with Crippen LogP contribution in [0.25, 0.3) is 0 Å². The van der Waals surface area contributed by atoms with Crippen molar-refractivity contribution in [1.29, 1.82) is 0 Å². The fourth-order valence-electron chi connectivity index (χ4n) is 0.638. The van der Waals surface area contributed by atoms with Crippen molar-refractivity contribution in [2.45, 2.75) is 4.90 Å². The molecule has 0 saturated carbocycles. The molecule has 0 aliphatic rings. The number of hydrogen-bond acceptors (Lipinski definition) is 2. The fraction of sp³-hybridized carbons (Fsp3) is 0.143. The van der Waals surface area contributed by atoms with E-state index in [0.717, 1.165) is 4.90 Å². The highest BCUT2D eigenvalue weighted by Crippen LogP contribution is 2.11. The lowest BCUT2D eigenvalue weighted by Crippen LogP contribution is -1.84. The van der Waals surface area contributed by atoms with Crippen molar-refractivity contribution in [1.82, 2.24) is 0 Å². The molecule has 54 valence electrons. The molecule has 1 atom stereocenters. The van der Waals surface area contributed by atoms with Crippen LogP contribution in [-0.2, 0) is 10.8 Å². The predicted octanol–water partition coefficient (Wildman–Crippen LogP) is 1.13. The summed E-state index contributed by atoms with van der Waals surface area (Å²) in [6.07, 6.45) is 1.60. The number of phenolic OH excluding ortho intramolecular Hbond substituents is 1. The molecular weight excluding hydrogens is 148 g/mol. The lowest BCUT2D eigenvalue weighted by molar-refractivity contribution is 0.475. The Balaban J connectivity index is 3.00. The lowest BCUT2D eigenvalue weighted by Gasteiger charge is -1.94. The summed E-state index contributed by atoms with van der Waals surface area (Å²) in [6, 6.07) is 6.34. The van der Waals surface area contributed by atoms with Crippen LogP contribution in [0, 0.1) is 0 Å². The summed E-state index contributed by atoms with van der Waals surface area (Å²) in [7, 11) is -0.948.